The lowest BCUT2D eigenvalue weighted by molar-refractivity contribution is -0.141. The molecule has 3 amide bonds. The second kappa shape index (κ2) is 11.8. The standard InChI is InChI=1S/C27H30ClF3N8O3/c1-36-15-19(22(35-36)27(29,30)31)21-14-33-23(37(21)2)24(40)34-17-3-4-18(20(28)13-17)26(42)39-11-9-38(10-12-39)25(41)16-5-7-32-8-6-16/h3-4,13-16,32H,5-12H2,1-2H3,(H,34,40). The molecule has 2 saturated heterocycles. The second-order valence-corrected chi connectivity index (χ2v) is 10.8. The van der Waals surface area contributed by atoms with Crippen LogP contribution in [-0.4, -0.2) is 86.1 Å². The number of alkyl halides is 3. The van der Waals surface area contributed by atoms with E-state index < -0.39 is 17.8 Å². The zero-order valence-electron chi connectivity index (χ0n) is 23.0. The molecule has 0 saturated carbocycles. The number of carbonyl (C=O) groups is 3. The van der Waals surface area contributed by atoms with Gasteiger partial charge < -0.3 is 25.0 Å². The van der Waals surface area contributed by atoms with Crippen LogP contribution in [0.1, 0.15) is 39.5 Å². The van der Waals surface area contributed by atoms with Crippen LogP contribution < -0.4 is 10.6 Å². The van der Waals surface area contributed by atoms with Crippen molar-refractivity contribution in [1.82, 2.24) is 34.4 Å². The average Bonchev–Trinajstić information content (AvgIpc) is 3.55. The number of piperazine rings is 1. The van der Waals surface area contributed by atoms with E-state index in [9.17, 15) is 27.6 Å². The lowest BCUT2D eigenvalue weighted by Gasteiger charge is -2.37. The van der Waals surface area contributed by atoms with Crippen LogP contribution in [0.15, 0.2) is 30.6 Å². The van der Waals surface area contributed by atoms with Gasteiger partial charge >= 0.3 is 6.18 Å². The minimum Gasteiger partial charge on any atom is -0.339 e. The summed E-state index contributed by atoms with van der Waals surface area (Å²) in [7, 11) is 2.80. The summed E-state index contributed by atoms with van der Waals surface area (Å²) in [6, 6.07) is 4.44. The van der Waals surface area contributed by atoms with Gasteiger partial charge in [-0.15, -0.1) is 0 Å². The maximum atomic E-state index is 13.5. The molecular weight excluding hydrogens is 577 g/mol. The summed E-state index contributed by atoms with van der Waals surface area (Å²) in [6.07, 6.45) is -0.654. The van der Waals surface area contributed by atoms with Gasteiger partial charge in [0.25, 0.3) is 11.8 Å². The minimum absolute atomic E-state index is 0.0239. The van der Waals surface area contributed by atoms with E-state index in [0.29, 0.717) is 26.2 Å². The third-order valence-corrected chi connectivity index (χ3v) is 7.90. The number of hydrogen-bond acceptors (Lipinski definition) is 6. The van der Waals surface area contributed by atoms with E-state index in [0.717, 1.165) is 30.6 Å². The van der Waals surface area contributed by atoms with E-state index in [4.69, 9.17) is 11.6 Å². The van der Waals surface area contributed by atoms with E-state index in [1.54, 1.807) is 4.90 Å². The van der Waals surface area contributed by atoms with Crippen molar-refractivity contribution in [2.75, 3.05) is 44.6 Å². The van der Waals surface area contributed by atoms with Crippen molar-refractivity contribution in [3.05, 3.63) is 52.7 Å². The maximum absolute atomic E-state index is 13.5. The van der Waals surface area contributed by atoms with Crippen LogP contribution in [0.3, 0.4) is 0 Å². The largest absolute Gasteiger partial charge is 0.435 e. The highest BCUT2D eigenvalue weighted by Gasteiger charge is 2.38. The summed E-state index contributed by atoms with van der Waals surface area (Å²) >= 11 is 6.43. The first-order valence-corrected chi connectivity index (χ1v) is 13.8. The number of carbonyl (C=O) groups excluding carboxylic acids is 3. The Hall–Kier alpha value is -3.91. The molecule has 0 atom stereocenters. The van der Waals surface area contributed by atoms with E-state index >= 15 is 0 Å². The van der Waals surface area contributed by atoms with Crippen molar-refractivity contribution in [3.63, 3.8) is 0 Å². The normalized spacial score (nSPS) is 16.5. The number of anilines is 1. The summed E-state index contributed by atoms with van der Waals surface area (Å²) in [5, 5.41) is 9.51. The number of nitrogens with zero attached hydrogens (tertiary/aromatic N) is 6. The third kappa shape index (κ3) is 6.00. The fourth-order valence-corrected chi connectivity index (χ4v) is 5.60. The minimum atomic E-state index is -4.68. The quantitative estimate of drug-likeness (QED) is 0.461. The summed E-state index contributed by atoms with van der Waals surface area (Å²) in [4.78, 5) is 46.4. The molecule has 2 aliphatic heterocycles. The van der Waals surface area contributed by atoms with E-state index in [1.165, 1.54) is 49.3 Å². The van der Waals surface area contributed by atoms with Crippen LogP contribution in [0.25, 0.3) is 11.3 Å². The molecule has 0 radical (unpaired) electrons. The van der Waals surface area contributed by atoms with Gasteiger partial charge in [-0.2, -0.15) is 18.3 Å². The Kier molecular flexibility index (Phi) is 8.28. The predicted molar refractivity (Wildman–Crippen MR) is 148 cm³/mol. The van der Waals surface area contributed by atoms with Gasteiger partial charge in [-0.25, -0.2) is 4.98 Å². The van der Waals surface area contributed by atoms with Crippen molar-refractivity contribution in [3.8, 4) is 11.3 Å². The highest BCUT2D eigenvalue weighted by molar-refractivity contribution is 6.34. The molecule has 1 aromatic carbocycles. The van der Waals surface area contributed by atoms with E-state index in [2.05, 4.69) is 20.7 Å². The first-order chi connectivity index (χ1) is 19.9. The molecule has 2 fully saturated rings. The number of benzene rings is 1. The number of amides is 3. The van der Waals surface area contributed by atoms with E-state index in [1.807, 2.05) is 4.90 Å². The predicted octanol–water partition coefficient (Wildman–Crippen LogP) is 3.03. The summed E-state index contributed by atoms with van der Waals surface area (Å²) in [6.45, 7) is 3.35. The molecule has 2 aliphatic rings. The van der Waals surface area contributed by atoms with Gasteiger partial charge in [0, 0.05) is 58.1 Å². The van der Waals surface area contributed by atoms with Gasteiger partial charge in [0.15, 0.2) is 11.5 Å². The average molecular weight is 607 g/mol. The first kappa shape index (κ1) is 29.6. The summed E-state index contributed by atoms with van der Waals surface area (Å²) < 4.78 is 42.7. The number of rotatable bonds is 5. The number of imidazole rings is 1. The molecule has 5 rings (SSSR count). The number of halogens is 4. The lowest BCUT2D eigenvalue weighted by Crippen LogP contribution is -2.52. The fourth-order valence-electron chi connectivity index (χ4n) is 5.34. The fraction of sp³-hybridized carbons (Fsp3) is 0.444. The number of nitrogens with one attached hydrogen (secondary N) is 2. The van der Waals surface area contributed by atoms with Crippen LogP contribution in [0.2, 0.25) is 5.02 Å². The van der Waals surface area contributed by atoms with Crippen molar-refractivity contribution < 1.29 is 27.6 Å². The Morgan fingerprint density at radius 1 is 1.05 bits per heavy atom. The molecule has 0 aliphatic carbocycles. The zero-order valence-corrected chi connectivity index (χ0v) is 23.8. The van der Waals surface area contributed by atoms with Crippen molar-refractivity contribution >= 4 is 35.0 Å². The van der Waals surface area contributed by atoms with Crippen LogP contribution in [-0.2, 0) is 25.1 Å². The Balaban J connectivity index is 1.23. The Labute approximate surface area is 244 Å². The number of aryl methyl sites for hydroxylation is 1. The van der Waals surface area contributed by atoms with Gasteiger partial charge in [0.1, 0.15) is 0 Å². The maximum Gasteiger partial charge on any atom is 0.435 e. The molecule has 0 unspecified atom stereocenters. The second-order valence-electron chi connectivity index (χ2n) is 10.4. The van der Waals surface area contributed by atoms with Crippen LogP contribution in [0, 0.1) is 5.92 Å². The molecule has 2 aromatic heterocycles. The summed E-state index contributed by atoms with van der Waals surface area (Å²) in [5.74, 6) is -0.919. The number of hydrogen-bond donors (Lipinski definition) is 2. The molecule has 0 spiro atoms. The van der Waals surface area contributed by atoms with Crippen LogP contribution >= 0.6 is 11.6 Å². The van der Waals surface area contributed by atoms with E-state index in [-0.39, 0.29) is 51.1 Å². The van der Waals surface area contributed by atoms with Crippen molar-refractivity contribution in [2.24, 2.45) is 20.0 Å². The van der Waals surface area contributed by atoms with Crippen LogP contribution in [0.5, 0.6) is 0 Å². The monoisotopic (exact) mass is 606 g/mol. The SMILES string of the molecule is Cn1cc(-c2cnc(C(=O)Nc3ccc(C(=O)N4CCN(C(=O)C5CCNCC5)CC4)c(Cl)c3)n2C)c(C(F)(F)F)n1. The molecule has 224 valence electrons. The molecule has 15 heteroatoms. The topological polar surface area (TPSA) is 117 Å². The zero-order chi connectivity index (χ0) is 30.2. The summed E-state index contributed by atoms with van der Waals surface area (Å²) in [5.41, 5.74) is -0.690. The Morgan fingerprint density at radius 3 is 2.36 bits per heavy atom. The third-order valence-electron chi connectivity index (χ3n) is 7.59. The first-order valence-electron chi connectivity index (χ1n) is 13.5. The van der Waals surface area contributed by atoms with Gasteiger partial charge in [-0.05, 0) is 44.1 Å². The van der Waals surface area contributed by atoms with Gasteiger partial charge in [0.2, 0.25) is 5.91 Å². The molecule has 3 aromatic rings. The number of aromatic nitrogens is 4. The smallest absolute Gasteiger partial charge is 0.339 e. The molecule has 42 heavy (non-hydrogen) atoms. The molecule has 11 nitrogen and oxygen atoms in total. The highest BCUT2D eigenvalue weighted by atomic mass is 35.5. The van der Waals surface area contributed by atoms with Gasteiger partial charge in [0.05, 0.1) is 28.0 Å². The molecule has 0 bridgehead atoms. The Bertz CT molecular complexity index is 1500. The molecule has 4 heterocycles. The van der Waals surface area contributed by atoms with Gasteiger partial charge in [-0.1, -0.05) is 11.6 Å². The Morgan fingerprint density at radius 2 is 1.71 bits per heavy atom. The van der Waals surface area contributed by atoms with Crippen molar-refractivity contribution in [2.45, 2.75) is 19.0 Å². The number of piperidine rings is 1. The molecule has 2 N–H and O–H groups in total. The highest BCUT2D eigenvalue weighted by Crippen LogP contribution is 2.36. The molecular formula is C27H30ClF3N8O3. The van der Waals surface area contributed by atoms with Gasteiger partial charge in [-0.3, -0.25) is 19.1 Å². The van der Waals surface area contributed by atoms with Crippen LogP contribution in [0.4, 0.5) is 18.9 Å². The lowest BCUT2D eigenvalue weighted by atomic mass is 9.96. The van der Waals surface area contributed by atoms with Crippen molar-refractivity contribution in [1.29, 1.82) is 0 Å².